The molecule has 0 amide bonds. The van der Waals surface area contributed by atoms with Crippen molar-refractivity contribution in [2.24, 2.45) is 0 Å². The van der Waals surface area contributed by atoms with E-state index in [0.29, 0.717) is 6.42 Å². The second kappa shape index (κ2) is 4.63. The number of carbonyl (C=O) groups excluding carboxylic acids is 1. The molecule has 0 unspecified atom stereocenters. The van der Waals surface area contributed by atoms with Gasteiger partial charge in [-0.25, -0.2) is 0 Å². The second-order valence-electron chi connectivity index (χ2n) is 3.14. The highest BCUT2D eigenvalue weighted by molar-refractivity contribution is 6.30. The molecule has 0 heterocycles. The van der Waals surface area contributed by atoms with Gasteiger partial charge in [0.2, 0.25) is 0 Å². The van der Waals surface area contributed by atoms with Crippen LogP contribution in [0.4, 0.5) is 0 Å². The van der Waals surface area contributed by atoms with Crippen LogP contribution in [0.5, 0.6) is 0 Å². The summed E-state index contributed by atoms with van der Waals surface area (Å²) >= 11 is 5.76. The van der Waals surface area contributed by atoms with Crippen LogP contribution in [-0.4, -0.2) is 5.78 Å². The Morgan fingerprint density at radius 3 is 2.21 bits per heavy atom. The fourth-order valence-electron chi connectivity index (χ4n) is 1.49. The molecule has 3 heteroatoms. The maximum atomic E-state index is 11.0. The topological polar surface area (TPSA) is 17.1 Å². The molecular formula is C11H10Cl2O. The lowest BCUT2D eigenvalue weighted by molar-refractivity contribution is -0.114. The molecule has 1 aromatic rings. The molecule has 0 fully saturated rings. The smallest absolute Gasteiger partial charge is 0.156 e. The Labute approximate surface area is 94.2 Å². The number of rotatable bonds is 1. The number of hydrogen-bond donors (Lipinski definition) is 0. The van der Waals surface area contributed by atoms with Gasteiger partial charge in [-0.15, -0.1) is 12.4 Å². The summed E-state index contributed by atoms with van der Waals surface area (Å²) in [5, 5.41) is 0.730. The van der Waals surface area contributed by atoms with Crippen LogP contribution in [0.15, 0.2) is 30.3 Å². The van der Waals surface area contributed by atoms with Gasteiger partial charge in [0.15, 0.2) is 5.78 Å². The molecule has 0 saturated carbocycles. The summed E-state index contributed by atoms with van der Waals surface area (Å²) < 4.78 is 0. The summed E-state index contributed by atoms with van der Waals surface area (Å²) in [5.74, 6) is 0.227. The van der Waals surface area contributed by atoms with Gasteiger partial charge in [-0.3, -0.25) is 4.79 Å². The average molecular weight is 229 g/mol. The van der Waals surface area contributed by atoms with Gasteiger partial charge in [0.1, 0.15) is 0 Å². The maximum Gasteiger partial charge on any atom is 0.156 e. The van der Waals surface area contributed by atoms with Crippen LogP contribution in [-0.2, 0) is 4.79 Å². The van der Waals surface area contributed by atoms with Gasteiger partial charge in [0.05, 0.1) is 0 Å². The second-order valence-corrected chi connectivity index (χ2v) is 3.58. The van der Waals surface area contributed by atoms with E-state index in [1.54, 1.807) is 6.08 Å². The molecule has 1 nitrogen and oxygen atoms in total. The van der Waals surface area contributed by atoms with E-state index in [1.165, 1.54) is 0 Å². The van der Waals surface area contributed by atoms with Gasteiger partial charge < -0.3 is 0 Å². The first-order chi connectivity index (χ1) is 6.25. The Balaban J connectivity index is 0.000000980. The van der Waals surface area contributed by atoms with Crippen LogP contribution in [0.25, 0.3) is 5.57 Å². The molecule has 1 aliphatic rings. The molecule has 0 N–H and O–H groups in total. The van der Waals surface area contributed by atoms with E-state index in [1.807, 2.05) is 24.3 Å². The fraction of sp³-hybridized carbons (Fsp3) is 0.182. The zero-order valence-corrected chi connectivity index (χ0v) is 9.07. The predicted molar refractivity (Wildman–Crippen MR) is 60.9 cm³/mol. The molecule has 0 saturated heterocycles. The van der Waals surface area contributed by atoms with Crippen LogP contribution >= 0.6 is 24.0 Å². The van der Waals surface area contributed by atoms with Crippen LogP contribution < -0.4 is 0 Å². The van der Waals surface area contributed by atoms with Crippen molar-refractivity contribution in [1.82, 2.24) is 0 Å². The summed E-state index contributed by atoms with van der Waals surface area (Å²) in [6.45, 7) is 0. The van der Waals surface area contributed by atoms with Crippen molar-refractivity contribution in [3.8, 4) is 0 Å². The molecule has 0 aromatic heterocycles. The number of halogens is 2. The summed E-state index contributed by atoms with van der Waals surface area (Å²) in [5.41, 5.74) is 2.23. The number of allylic oxidation sites excluding steroid dienone is 2. The third-order valence-electron chi connectivity index (χ3n) is 2.19. The Hall–Kier alpha value is -0.790. The van der Waals surface area contributed by atoms with Gasteiger partial charge in [0.25, 0.3) is 0 Å². The average Bonchev–Trinajstić information content (AvgIpc) is 2.53. The largest absolute Gasteiger partial charge is 0.295 e. The van der Waals surface area contributed by atoms with Gasteiger partial charge in [-0.1, -0.05) is 23.7 Å². The van der Waals surface area contributed by atoms with Gasteiger partial charge in [-0.2, -0.15) is 0 Å². The molecule has 1 aliphatic carbocycles. The molecule has 2 rings (SSSR count). The molecule has 14 heavy (non-hydrogen) atoms. The number of ketones is 1. The van der Waals surface area contributed by atoms with Crippen LogP contribution in [0.3, 0.4) is 0 Å². The number of carbonyl (C=O) groups is 1. The molecule has 0 aliphatic heterocycles. The van der Waals surface area contributed by atoms with Crippen LogP contribution in [0, 0.1) is 0 Å². The van der Waals surface area contributed by atoms with E-state index >= 15 is 0 Å². The summed E-state index contributed by atoms with van der Waals surface area (Å²) in [4.78, 5) is 11.0. The van der Waals surface area contributed by atoms with Gasteiger partial charge >= 0.3 is 0 Å². The lowest BCUT2D eigenvalue weighted by atomic mass is 10.1. The van der Waals surface area contributed by atoms with Crippen LogP contribution in [0.1, 0.15) is 18.4 Å². The summed E-state index contributed by atoms with van der Waals surface area (Å²) in [6.07, 6.45) is 3.24. The Bertz CT molecular complexity index is 365. The minimum Gasteiger partial charge on any atom is -0.295 e. The van der Waals surface area contributed by atoms with Crippen molar-refractivity contribution in [3.63, 3.8) is 0 Å². The molecule has 0 atom stereocenters. The highest BCUT2D eigenvalue weighted by atomic mass is 35.5. The maximum absolute atomic E-state index is 11.0. The Morgan fingerprint density at radius 1 is 1.07 bits per heavy atom. The van der Waals surface area contributed by atoms with E-state index in [-0.39, 0.29) is 18.2 Å². The first kappa shape index (κ1) is 11.3. The Kier molecular flexibility index (Phi) is 3.73. The minimum absolute atomic E-state index is 0. The quantitative estimate of drug-likeness (QED) is 0.720. The van der Waals surface area contributed by atoms with Gasteiger partial charge in [-0.05, 0) is 35.8 Å². The van der Waals surface area contributed by atoms with E-state index in [4.69, 9.17) is 11.6 Å². The van der Waals surface area contributed by atoms with E-state index in [9.17, 15) is 4.79 Å². The van der Waals surface area contributed by atoms with Crippen molar-refractivity contribution < 1.29 is 4.79 Å². The summed E-state index contributed by atoms with van der Waals surface area (Å²) in [6, 6.07) is 7.60. The molecule has 0 spiro atoms. The van der Waals surface area contributed by atoms with E-state index in [0.717, 1.165) is 22.6 Å². The predicted octanol–water partition coefficient (Wildman–Crippen LogP) is 3.51. The van der Waals surface area contributed by atoms with Gasteiger partial charge in [0, 0.05) is 11.4 Å². The molecule has 1 aromatic carbocycles. The molecule has 74 valence electrons. The van der Waals surface area contributed by atoms with Crippen molar-refractivity contribution in [1.29, 1.82) is 0 Å². The van der Waals surface area contributed by atoms with Crippen molar-refractivity contribution >= 4 is 35.4 Å². The lowest BCUT2D eigenvalue weighted by Gasteiger charge is -2.00. The first-order valence-corrected chi connectivity index (χ1v) is 4.63. The first-order valence-electron chi connectivity index (χ1n) is 4.25. The number of hydrogen-bond acceptors (Lipinski definition) is 1. The zero-order chi connectivity index (χ0) is 9.26. The highest BCUT2D eigenvalue weighted by Crippen LogP contribution is 2.26. The van der Waals surface area contributed by atoms with Crippen molar-refractivity contribution in [2.75, 3.05) is 0 Å². The monoisotopic (exact) mass is 228 g/mol. The minimum atomic E-state index is 0. The van der Waals surface area contributed by atoms with Crippen molar-refractivity contribution in [2.45, 2.75) is 12.8 Å². The van der Waals surface area contributed by atoms with Crippen molar-refractivity contribution in [3.05, 3.63) is 40.9 Å². The third kappa shape index (κ3) is 2.37. The van der Waals surface area contributed by atoms with Crippen LogP contribution in [0.2, 0.25) is 5.02 Å². The fourth-order valence-corrected chi connectivity index (χ4v) is 1.61. The van der Waals surface area contributed by atoms with E-state index in [2.05, 4.69) is 0 Å². The zero-order valence-electron chi connectivity index (χ0n) is 7.50. The molecule has 0 bridgehead atoms. The summed E-state index contributed by atoms with van der Waals surface area (Å²) in [7, 11) is 0. The molecule has 0 radical (unpaired) electrons. The Morgan fingerprint density at radius 2 is 1.71 bits per heavy atom. The molecular weight excluding hydrogens is 219 g/mol. The highest BCUT2D eigenvalue weighted by Gasteiger charge is 2.12. The third-order valence-corrected chi connectivity index (χ3v) is 2.44. The SMILES string of the molecule is Cl.O=C1C=C(c2ccc(Cl)cc2)CC1. The number of benzene rings is 1. The van der Waals surface area contributed by atoms with E-state index < -0.39 is 0 Å². The standard InChI is InChI=1S/C11H9ClO.ClH/c12-10-4-1-8(2-5-10)9-3-6-11(13)7-9;/h1-2,4-5,7H,3,6H2;1H. The lowest BCUT2D eigenvalue weighted by Crippen LogP contribution is -1.80. The normalized spacial score (nSPS) is 14.9.